The Labute approximate surface area is 280 Å². The third-order valence-corrected chi connectivity index (χ3v) is 12.5. The van der Waals surface area contributed by atoms with Crippen molar-refractivity contribution in [2.45, 2.75) is 12.3 Å². The van der Waals surface area contributed by atoms with E-state index in [1.807, 2.05) is 22.7 Å². The maximum atomic E-state index is 2.58. The lowest BCUT2D eigenvalue weighted by Gasteiger charge is -2.37. The first-order valence-electron chi connectivity index (χ1n) is 16.3. The average Bonchev–Trinajstić information content (AvgIpc) is 3.14. The quantitative estimate of drug-likeness (QED) is 0.132. The summed E-state index contributed by atoms with van der Waals surface area (Å²) in [5, 5.41) is 0. The van der Waals surface area contributed by atoms with Gasteiger partial charge in [0.05, 0.1) is 40.9 Å². The Bertz CT molecular complexity index is 2730. The summed E-state index contributed by atoms with van der Waals surface area (Å²) in [6.07, 6.45) is 10.1. The molecule has 8 aromatic rings. The second-order valence-electron chi connectivity index (χ2n) is 12.8. The van der Waals surface area contributed by atoms with Crippen molar-refractivity contribution in [2.75, 3.05) is 0 Å². The van der Waals surface area contributed by atoms with E-state index >= 15 is 0 Å². The van der Waals surface area contributed by atoms with Crippen LogP contribution in [0.5, 0.6) is 0 Å². The topological polar surface area (TPSA) is 9.86 Å². The molecule has 0 saturated heterocycles. The molecule has 6 aromatic carbocycles. The normalized spacial score (nSPS) is 15.6. The average molecular weight is 635 g/mol. The van der Waals surface area contributed by atoms with Gasteiger partial charge in [-0.3, -0.25) is 0 Å². The highest BCUT2D eigenvalue weighted by atomic mass is 32.1. The van der Waals surface area contributed by atoms with Gasteiger partial charge in [-0.15, -0.1) is 22.7 Å². The van der Waals surface area contributed by atoms with E-state index in [9.17, 15) is 0 Å². The second kappa shape index (κ2) is 9.71. The molecule has 3 aliphatic rings. The minimum Gasteiger partial charge on any atom is -0.309 e. The van der Waals surface area contributed by atoms with Crippen LogP contribution in [0.4, 0.5) is 0 Å². The molecule has 220 valence electrons. The molecule has 0 N–H and O–H groups in total. The van der Waals surface area contributed by atoms with Crippen LogP contribution in [0.15, 0.2) is 146 Å². The molecule has 1 atom stereocenters. The second-order valence-corrected chi connectivity index (χ2v) is 15.0. The van der Waals surface area contributed by atoms with Crippen molar-refractivity contribution in [2.24, 2.45) is 0 Å². The first-order valence-corrected chi connectivity index (χ1v) is 18.0. The van der Waals surface area contributed by atoms with Gasteiger partial charge in [0, 0.05) is 17.3 Å². The fourth-order valence-corrected chi connectivity index (χ4v) is 10.6. The Morgan fingerprint density at radius 3 is 1.87 bits per heavy atom. The molecule has 0 fully saturated rings. The number of hydrogen-bond acceptors (Lipinski definition) is 2. The van der Waals surface area contributed by atoms with Crippen molar-refractivity contribution in [1.82, 2.24) is 9.13 Å². The van der Waals surface area contributed by atoms with Crippen molar-refractivity contribution in [3.05, 3.63) is 151 Å². The summed E-state index contributed by atoms with van der Waals surface area (Å²) in [7, 11) is 0. The van der Waals surface area contributed by atoms with E-state index in [0.717, 1.165) is 6.42 Å². The highest BCUT2D eigenvalue weighted by Gasteiger charge is 2.40. The van der Waals surface area contributed by atoms with Crippen LogP contribution in [0.3, 0.4) is 0 Å². The zero-order valence-electron chi connectivity index (χ0n) is 25.4. The Morgan fingerprint density at radius 1 is 0.553 bits per heavy atom. The summed E-state index contributed by atoms with van der Waals surface area (Å²) < 4.78 is 10.4. The Kier molecular flexibility index (Phi) is 5.38. The van der Waals surface area contributed by atoms with Crippen LogP contribution in [0.2, 0.25) is 0 Å². The van der Waals surface area contributed by atoms with Crippen molar-refractivity contribution in [1.29, 1.82) is 0 Å². The summed E-state index contributed by atoms with van der Waals surface area (Å²) in [4.78, 5) is 0. The van der Waals surface area contributed by atoms with Gasteiger partial charge in [-0.25, -0.2) is 0 Å². The van der Waals surface area contributed by atoms with Gasteiger partial charge in [-0.05, 0) is 82.0 Å². The predicted molar refractivity (Wildman–Crippen MR) is 204 cm³/mol. The molecule has 0 bridgehead atoms. The third-order valence-electron chi connectivity index (χ3n) is 10.3. The first kappa shape index (κ1) is 26.0. The fraction of sp³-hybridized carbons (Fsp3) is 0.0476. The molecule has 0 amide bonds. The van der Waals surface area contributed by atoms with Crippen molar-refractivity contribution in [3.63, 3.8) is 0 Å². The van der Waals surface area contributed by atoms with Crippen molar-refractivity contribution < 1.29 is 0 Å². The molecule has 2 aromatic heterocycles. The highest BCUT2D eigenvalue weighted by molar-refractivity contribution is 7.27. The molecule has 2 nitrogen and oxygen atoms in total. The number of hydrogen-bond donors (Lipinski definition) is 0. The molecule has 1 aliphatic carbocycles. The summed E-state index contributed by atoms with van der Waals surface area (Å²) in [5.41, 5.74) is 15.9. The monoisotopic (exact) mass is 634 g/mol. The standard InChI is InChI=1S/C42H27BN2S2/c1-3-11-26(12-4-1)28-19-21-32-30(23-28)43-31-24-29(27-13-5-2-6-14-27)20-22-33(31)45-35-16-8-10-18-37(35)47-39-25-38-41(40(43)42(39)45)44(32)34-15-7-9-17-36(34)46-38/h1-13,15-25,27H,14H2. The minimum absolute atomic E-state index is 0.111. The Hall–Kier alpha value is -5.10. The van der Waals surface area contributed by atoms with Gasteiger partial charge in [0.25, 0.3) is 6.71 Å². The molecule has 2 aliphatic heterocycles. The smallest absolute Gasteiger partial charge is 0.252 e. The Morgan fingerprint density at radius 2 is 1.19 bits per heavy atom. The van der Waals surface area contributed by atoms with Crippen LogP contribution < -0.4 is 16.4 Å². The molecule has 0 radical (unpaired) electrons. The number of benzene rings is 6. The summed E-state index contributed by atoms with van der Waals surface area (Å²) in [5.74, 6) is 0.383. The zero-order chi connectivity index (χ0) is 30.6. The summed E-state index contributed by atoms with van der Waals surface area (Å²) >= 11 is 3.85. The molecule has 11 rings (SSSR count). The molecule has 4 heterocycles. The van der Waals surface area contributed by atoms with Crippen LogP contribution in [-0.4, -0.2) is 15.8 Å². The lowest BCUT2D eigenvalue weighted by atomic mass is 9.34. The lowest BCUT2D eigenvalue weighted by Crippen LogP contribution is -2.59. The van der Waals surface area contributed by atoms with Crippen LogP contribution >= 0.6 is 22.7 Å². The van der Waals surface area contributed by atoms with E-state index in [2.05, 4.69) is 155 Å². The number of nitrogens with zero attached hydrogens (tertiary/aromatic N) is 2. The predicted octanol–water partition coefficient (Wildman–Crippen LogP) is 9.54. The summed E-state index contributed by atoms with van der Waals surface area (Å²) in [6, 6.07) is 45.7. The SMILES string of the molecule is C1=CCC(c2ccc3c(c2)B2c4cc(-c5ccccc5)ccc4-n4c5ccccc5sc5cc6sc7ccccc7n-3c6c2c54)C=C1. The van der Waals surface area contributed by atoms with Crippen LogP contribution in [0, 0.1) is 0 Å². The number of para-hydroxylation sites is 2. The molecule has 0 saturated carbocycles. The van der Waals surface area contributed by atoms with Gasteiger partial charge in [0.1, 0.15) is 0 Å². The molecular formula is C42H27BN2S2. The molecular weight excluding hydrogens is 607 g/mol. The zero-order valence-corrected chi connectivity index (χ0v) is 27.1. The van der Waals surface area contributed by atoms with Gasteiger partial charge < -0.3 is 9.13 Å². The van der Waals surface area contributed by atoms with E-state index in [1.54, 1.807) is 0 Å². The molecule has 0 spiro atoms. The van der Waals surface area contributed by atoms with Gasteiger partial charge in [-0.1, -0.05) is 103 Å². The van der Waals surface area contributed by atoms with E-state index in [-0.39, 0.29) is 6.71 Å². The van der Waals surface area contributed by atoms with Crippen LogP contribution in [-0.2, 0) is 0 Å². The highest BCUT2D eigenvalue weighted by Crippen LogP contribution is 2.41. The van der Waals surface area contributed by atoms with Gasteiger partial charge >= 0.3 is 0 Å². The van der Waals surface area contributed by atoms with Gasteiger partial charge in [-0.2, -0.15) is 0 Å². The van der Waals surface area contributed by atoms with Crippen LogP contribution in [0.1, 0.15) is 17.9 Å². The maximum absolute atomic E-state index is 2.58. The number of allylic oxidation sites excluding steroid dienone is 4. The van der Waals surface area contributed by atoms with Crippen LogP contribution in [0.25, 0.3) is 63.4 Å². The minimum atomic E-state index is 0.111. The lowest BCUT2D eigenvalue weighted by molar-refractivity contribution is 0.854. The molecule has 5 heteroatoms. The van der Waals surface area contributed by atoms with E-state index in [1.165, 1.54) is 85.3 Å². The number of rotatable bonds is 2. The molecule has 1 unspecified atom stereocenters. The van der Waals surface area contributed by atoms with E-state index in [4.69, 9.17) is 0 Å². The van der Waals surface area contributed by atoms with E-state index in [0.29, 0.717) is 5.92 Å². The maximum Gasteiger partial charge on any atom is 0.252 e. The Balaban J connectivity index is 1.36. The van der Waals surface area contributed by atoms with E-state index < -0.39 is 0 Å². The fourth-order valence-electron chi connectivity index (χ4n) is 8.30. The van der Waals surface area contributed by atoms with Crippen molar-refractivity contribution >= 4 is 86.6 Å². The first-order chi connectivity index (χ1) is 23.3. The molecule has 47 heavy (non-hydrogen) atoms. The summed E-state index contributed by atoms with van der Waals surface area (Å²) in [6.45, 7) is 0.111. The largest absolute Gasteiger partial charge is 0.309 e. The number of fused-ring (bicyclic) bond motifs is 10. The van der Waals surface area contributed by atoms with Gasteiger partial charge in [0.15, 0.2) is 0 Å². The number of aromatic nitrogens is 2. The van der Waals surface area contributed by atoms with Gasteiger partial charge in [0.2, 0.25) is 0 Å². The third kappa shape index (κ3) is 3.61. The van der Waals surface area contributed by atoms with Crippen molar-refractivity contribution in [3.8, 4) is 22.5 Å².